The highest BCUT2D eigenvalue weighted by Crippen LogP contribution is 2.31. The monoisotopic (exact) mass is 254 g/mol. The van der Waals surface area contributed by atoms with E-state index >= 15 is 0 Å². The van der Waals surface area contributed by atoms with Crippen LogP contribution in [0.4, 0.5) is 19.0 Å². The molecular weight excluding hydrogens is 245 g/mol. The SMILES string of the molecule is Cc1cc(-c2nccc(N)n2)cnc1C(F)(F)F. The molecule has 7 heteroatoms. The third-order valence-electron chi connectivity index (χ3n) is 2.28. The number of alkyl halides is 3. The van der Waals surface area contributed by atoms with Gasteiger partial charge in [0, 0.05) is 18.0 Å². The molecule has 4 nitrogen and oxygen atoms in total. The number of hydrogen-bond acceptors (Lipinski definition) is 4. The lowest BCUT2D eigenvalue weighted by Gasteiger charge is -2.09. The van der Waals surface area contributed by atoms with E-state index in [1.54, 1.807) is 0 Å². The third-order valence-corrected chi connectivity index (χ3v) is 2.28. The number of pyridine rings is 1. The van der Waals surface area contributed by atoms with Gasteiger partial charge in [-0.05, 0) is 24.6 Å². The molecule has 2 aromatic heterocycles. The summed E-state index contributed by atoms with van der Waals surface area (Å²) in [7, 11) is 0. The van der Waals surface area contributed by atoms with Crippen molar-refractivity contribution in [2.75, 3.05) is 5.73 Å². The largest absolute Gasteiger partial charge is 0.433 e. The Kier molecular flexibility index (Phi) is 2.90. The highest BCUT2D eigenvalue weighted by molar-refractivity contribution is 5.56. The van der Waals surface area contributed by atoms with Crippen molar-refractivity contribution in [3.63, 3.8) is 0 Å². The number of halogens is 3. The Morgan fingerprint density at radius 1 is 1.22 bits per heavy atom. The number of hydrogen-bond donors (Lipinski definition) is 1. The number of nitrogen functional groups attached to an aromatic ring is 1. The highest BCUT2D eigenvalue weighted by atomic mass is 19.4. The quantitative estimate of drug-likeness (QED) is 0.848. The Morgan fingerprint density at radius 3 is 2.50 bits per heavy atom. The van der Waals surface area contributed by atoms with E-state index < -0.39 is 11.9 Å². The van der Waals surface area contributed by atoms with Gasteiger partial charge in [0.25, 0.3) is 0 Å². The molecule has 2 aromatic rings. The maximum atomic E-state index is 12.5. The minimum atomic E-state index is -4.46. The molecular formula is C11H9F3N4. The Hall–Kier alpha value is -2.18. The van der Waals surface area contributed by atoms with Crippen LogP contribution in [0.3, 0.4) is 0 Å². The molecule has 0 aromatic carbocycles. The molecule has 0 aliphatic rings. The molecule has 0 saturated carbocycles. The standard InChI is InChI=1S/C11H9F3N4/c1-6-4-7(5-17-9(6)11(12,13)14)10-16-3-2-8(15)18-10/h2-5H,1H3,(H2,15,16,18). The van der Waals surface area contributed by atoms with Crippen molar-refractivity contribution in [2.24, 2.45) is 0 Å². The summed E-state index contributed by atoms with van der Waals surface area (Å²) in [6, 6.07) is 2.83. The zero-order valence-corrected chi connectivity index (χ0v) is 9.36. The number of anilines is 1. The molecule has 0 saturated heterocycles. The van der Waals surface area contributed by atoms with E-state index in [1.165, 1.54) is 25.3 Å². The minimum Gasteiger partial charge on any atom is -0.384 e. The average Bonchev–Trinajstić information content (AvgIpc) is 2.27. The first-order chi connectivity index (χ1) is 8.38. The molecule has 94 valence electrons. The normalized spacial score (nSPS) is 11.6. The lowest BCUT2D eigenvalue weighted by Crippen LogP contribution is -2.10. The fourth-order valence-electron chi connectivity index (χ4n) is 1.51. The second-order valence-electron chi connectivity index (χ2n) is 3.69. The summed E-state index contributed by atoms with van der Waals surface area (Å²) in [6.07, 6.45) is -1.94. The molecule has 0 aliphatic carbocycles. The zero-order valence-electron chi connectivity index (χ0n) is 9.36. The first-order valence-electron chi connectivity index (χ1n) is 5.00. The van der Waals surface area contributed by atoms with Gasteiger partial charge >= 0.3 is 6.18 Å². The van der Waals surface area contributed by atoms with E-state index in [4.69, 9.17) is 5.73 Å². The summed E-state index contributed by atoms with van der Waals surface area (Å²) < 4.78 is 37.6. The van der Waals surface area contributed by atoms with Gasteiger partial charge in [-0.2, -0.15) is 13.2 Å². The van der Waals surface area contributed by atoms with Crippen molar-refractivity contribution in [3.05, 3.63) is 35.8 Å². The number of nitrogens with two attached hydrogens (primary N) is 1. The number of nitrogens with zero attached hydrogens (tertiary/aromatic N) is 3. The lowest BCUT2D eigenvalue weighted by atomic mass is 10.1. The topological polar surface area (TPSA) is 64.7 Å². The van der Waals surface area contributed by atoms with Gasteiger partial charge in [-0.1, -0.05) is 0 Å². The Balaban J connectivity index is 2.47. The molecule has 0 radical (unpaired) electrons. The second kappa shape index (κ2) is 4.25. The van der Waals surface area contributed by atoms with E-state index in [9.17, 15) is 13.2 Å². The van der Waals surface area contributed by atoms with Gasteiger partial charge in [0.05, 0.1) is 0 Å². The Labute approximate surface area is 101 Å². The van der Waals surface area contributed by atoms with E-state index in [1.807, 2.05) is 0 Å². The highest BCUT2D eigenvalue weighted by Gasteiger charge is 2.34. The summed E-state index contributed by atoms with van der Waals surface area (Å²) in [5, 5.41) is 0. The van der Waals surface area contributed by atoms with Gasteiger partial charge in [0.15, 0.2) is 5.82 Å². The Bertz CT molecular complexity index is 581. The molecule has 2 heterocycles. The fraction of sp³-hybridized carbons (Fsp3) is 0.182. The van der Waals surface area contributed by atoms with E-state index in [0.29, 0.717) is 5.56 Å². The van der Waals surface area contributed by atoms with Crippen LogP contribution in [0.25, 0.3) is 11.4 Å². The molecule has 0 fully saturated rings. The van der Waals surface area contributed by atoms with E-state index in [2.05, 4.69) is 15.0 Å². The van der Waals surface area contributed by atoms with Crippen LogP contribution in [0.2, 0.25) is 0 Å². The van der Waals surface area contributed by atoms with Gasteiger partial charge in [-0.15, -0.1) is 0 Å². The maximum absolute atomic E-state index is 12.5. The summed E-state index contributed by atoms with van der Waals surface area (Å²) in [4.78, 5) is 11.3. The molecule has 0 spiro atoms. The van der Waals surface area contributed by atoms with Gasteiger partial charge in [-0.3, -0.25) is 4.98 Å². The van der Waals surface area contributed by atoms with E-state index in [-0.39, 0.29) is 17.2 Å². The van der Waals surface area contributed by atoms with Crippen LogP contribution in [-0.4, -0.2) is 15.0 Å². The average molecular weight is 254 g/mol. The molecule has 2 rings (SSSR count). The predicted octanol–water partition coefficient (Wildman–Crippen LogP) is 2.45. The van der Waals surface area contributed by atoms with Crippen LogP contribution in [0.15, 0.2) is 24.5 Å². The lowest BCUT2D eigenvalue weighted by molar-refractivity contribution is -0.141. The first-order valence-corrected chi connectivity index (χ1v) is 5.00. The summed E-state index contributed by atoms with van der Waals surface area (Å²) in [5.74, 6) is 0.497. The zero-order chi connectivity index (χ0) is 13.3. The van der Waals surface area contributed by atoms with Crippen molar-refractivity contribution >= 4 is 5.82 Å². The predicted molar refractivity (Wildman–Crippen MR) is 59.4 cm³/mol. The van der Waals surface area contributed by atoms with Crippen LogP contribution in [0.5, 0.6) is 0 Å². The first kappa shape index (κ1) is 12.3. The number of rotatable bonds is 1. The molecule has 0 bridgehead atoms. The number of aryl methyl sites for hydroxylation is 1. The molecule has 2 N–H and O–H groups in total. The van der Waals surface area contributed by atoms with Crippen molar-refractivity contribution in [3.8, 4) is 11.4 Å². The minimum absolute atomic E-state index is 0.0195. The molecule has 0 unspecified atom stereocenters. The van der Waals surface area contributed by atoms with Crippen molar-refractivity contribution in [1.29, 1.82) is 0 Å². The van der Waals surface area contributed by atoms with Gasteiger partial charge < -0.3 is 5.73 Å². The van der Waals surface area contributed by atoms with Gasteiger partial charge in [0.1, 0.15) is 11.5 Å². The van der Waals surface area contributed by atoms with Crippen molar-refractivity contribution in [2.45, 2.75) is 13.1 Å². The van der Waals surface area contributed by atoms with Crippen LogP contribution in [-0.2, 0) is 6.18 Å². The fourth-order valence-corrected chi connectivity index (χ4v) is 1.51. The van der Waals surface area contributed by atoms with E-state index in [0.717, 1.165) is 6.20 Å². The molecule has 18 heavy (non-hydrogen) atoms. The van der Waals surface area contributed by atoms with Crippen molar-refractivity contribution < 1.29 is 13.2 Å². The van der Waals surface area contributed by atoms with Crippen LogP contribution < -0.4 is 5.73 Å². The smallest absolute Gasteiger partial charge is 0.384 e. The van der Waals surface area contributed by atoms with Crippen LogP contribution in [0, 0.1) is 6.92 Å². The Morgan fingerprint density at radius 2 is 1.94 bits per heavy atom. The molecule has 0 atom stereocenters. The second-order valence-corrected chi connectivity index (χ2v) is 3.69. The van der Waals surface area contributed by atoms with Crippen LogP contribution >= 0.6 is 0 Å². The summed E-state index contributed by atoms with van der Waals surface area (Å²) in [6.45, 7) is 1.34. The summed E-state index contributed by atoms with van der Waals surface area (Å²) >= 11 is 0. The van der Waals surface area contributed by atoms with Crippen molar-refractivity contribution in [1.82, 2.24) is 15.0 Å². The molecule has 0 amide bonds. The maximum Gasteiger partial charge on any atom is 0.433 e. The van der Waals surface area contributed by atoms with Crippen LogP contribution in [0.1, 0.15) is 11.3 Å². The van der Waals surface area contributed by atoms with Gasteiger partial charge in [0.2, 0.25) is 0 Å². The third kappa shape index (κ3) is 2.39. The van der Waals surface area contributed by atoms with Gasteiger partial charge in [-0.25, -0.2) is 9.97 Å². The molecule has 0 aliphatic heterocycles. The summed E-state index contributed by atoms with van der Waals surface area (Å²) in [5.41, 5.74) is 4.99. The number of aromatic nitrogens is 3.